The van der Waals surface area contributed by atoms with Crippen LogP contribution >= 0.6 is 22.9 Å². The smallest absolute Gasteiger partial charge is 0.0931 e. The lowest BCUT2D eigenvalue weighted by Crippen LogP contribution is -2.33. The molecule has 0 radical (unpaired) electrons. The molecule has 0 spiro atoms. The maximum atomic E-state index is 8.95. The Bertz CT molecular complexity index is 277. The van der Waals surface area contributed by atoms with Crippen LogP contribution in [-0.4, -0.2) is 17.8 Å². The van der Waals surface area contributed by atoms with Gasteiger partial charge in [-0.05, 0) is 25.0 Å². The third-order valence-corrected chi connectivity index (χ3v) is 3.60. The summed E-state index contributed by atoms with van der Waals surface area (Å²) in [5.41, 5.74) is 0. The molecule has 0 aliphatic carbocycles. The molecule has 0 aliphatic heterocycles. The first-order valence-electron chi connectivity index (χ1n) is 4.72. The van der Waals surface area contributed by atoms with Crippen LogP contribution in [-0.2, 0) is 6.54 Å². The predicted octanol–water partition coefficient (Wildman–Crippen LogP) is 2.51. The van der Waals surface area contributed by atoms with Crippen LogP contribution in [0.4, 0.5) is 0 Å². The fourth-order valence-electron chi connectivity index (χ4n) is 1.07. The van der Waals surface area contributed by atoms with Gasteiger partial charge in [0.2, 0.25) is 0 Å². The van der Waals surface area contributed by atoms with Crippen LogP contribution in [0.1, 0.15) is 18.7 Å². The average molecular weight is 234 g/mol. The summed E-state index contributed by atoms with van der Waals surface area (Å²) in [6.07, 6.45) is 0. The Balaban J connectivity index is 2.33. The van der Waals surface area contributed by atoms with Crippen molar-refractivity contribution in [3.63, 3.8) is 0 Å². The standard InChI is InChI=1S/C10H16ClNOS/c1-7(6-13)8(2)12-5-9-3-4-10(11)14-9/h3-4,7-8,12-13H,5-6H2,1-2H3. The zero-order valence-corrected chi connectivity index (χ0v) is 10.0. The number of hydrogen-bond donors (Lipinski definition) is 2. The highest BCUT2D eigenvalue weighted by atomic mass is 35.5. The second kappa shape index (κ2) is 5.71. The van der Waals surface area contributed by atoms with E-state index in [4.69, 9.17) is 16.7 Å². The molecule has 1 rings (SSSR count). The van der Waals surface area contributed by atoms with Crippen molar-refractivity contribution in [3.8, 4) is 0 Å². The fraction of sp³-hybridized carbons (Fsp3) is 0.600. The molecule has 1 aromatic rings. The van der Waals surface area contributed by atoms with Crippen molar-refractivity contribution in [2.45, 2.75) is 26.4 Å². The number of rotatable bonds is 5. The zero-order valence-electron chi connectivity index (χ0n) is 8.46. The topological polar surface area (TPSA) is 32.3 Å². The van der Waals surface area contributed by atoms with Gasteiger partial charge in [0.25, 0.3) is 0 Å². The van der Waals surface area contributed by atoms with Gasteiger partial charge in [-0.1, -0.05) is 18.5 Å². The summed E-state index contributed by atoms with van der Waals surface area (Å²) in [6, 6.07) is 4.25. The number of aliphatic hydroxyl groups excluding tert-OH is 1. The van der Waals surface area contributed by atoms with Crippen molar-refractivity contribution < 1.29 is 5.11 Å². The lowest BCUT2D eigenvalue weighted by atomic mass is 10.1. The molecule has 1 heterocycles. The van der Waals surface area contributed by atoms with Gasteiger partial charge in [0.05, 0.1) is 4.34 Å². The summed E-state index contributed by atoms with van der Waals surface area (Å²) in [6.45, 7) is 5.15. The van der Waals surface area contributed by atoms with Crippen LogP contribution in [0.5, 0.6) is 0 Å². The minimum absolute atomic E-state index is 0.222. The molecule has 4 heteroatoms. The lowest BCUT2D eigenvalue weighted by Gasteiger charge is -2.18. The first-order chi connectivity index (χ1) is 6.63. The molecule has 2 N–H and O–H groups in total. The Labute approximate surface area is 93.9 Å². The fourth-order valence-corrected chi connectivity index (χ4v) is 2.11. The van der Waals surface area contributed by atoms with E-state index in [1.54, 1.807) is 11.3 Å². The van der Waals surface area contributed by atoms with Crippen LogP contribution in [0.25, 0.3) is 0 Å². The maximum Gasteiger partial charge on any atom is 0.0931 e. The largest absolute Gasteiger partial charge is 0.396 e. The number of halogens is 1. The molecule has 0 bridgehead atoms. The van der Waals surface area contributed by atoms with E-state index in [-0.39, 0.29) is 12.5 Å². The summed E-state index contributed by atoms with van der Waals surface area (Å²) in [5.74, 6) is 0.283. The van der Waals surface area contributed by atoms with Crippen molar-refractivity contribution >= 4 is 22.9 Å². The van der Waals surface area contributed by atoms with Crippen molar-refractivity contribution in [1.82, 2.24) is 5.32 Å². The second-order valence-corrected chi connectivity index (χ2v) is 5.33. The van der Waals surface area contributed by atoms with Crippen LogP contribution in [0.15, 0.2) is 12.1 Å². The summed E-state index contributed by atoms with van der Waals surface area (Å²) in [4.78, 5) is 1.23. The van der Waals surface area contributed by atoms with E-state index in [0.29, 0.717) is 6.04 Å². The quantitative estimate of drug-likeness (QED) is 0.819. The molecule has 0 saturated carbocycles. The maximum absolute atomic E-state index is 8.95. The summed E-state index contributed by atoms with van der Waals surface area (Å²) in [7, 11) is 0. The molecular formula is C10H16ClNOS. The first kappa shape index (κ1) is 12.0. The van der Waals surface area contributed by atoms with E-state index in [1.807, 2.05) is 19.1 Å². The number of aliphatic hydroxyl groups is 1. The van der Waals surface area contributed by atoms with Crippen molar-refractivity contribution in [3.05, 3.63) is 21.3 Å². The molecule has 80 valence electrons. The van der Waals surface area contributed by atoms with Gasteiger partial charge in [-0.2, -0.15) is 0 Å². The molecule has 0 aliphatic rings. The van der Waals surface area contributed by atoms with Gasteiger partial charge in [0.15, 0.2) is 0 Å². The average Bonchev–Trinajstić information content (AvgIpc) is 2.59. The lowest BCUT2D eigenvalue weighted by molar-refractivity contribution is 0.207. The highest BCUT2D eigenvalue weighted by Gasteiger charge is 2.10. The zero-order chi connectivity index (χ0) is 10.6. The Hall–Kier alpha value is -0.0900. The minimum Gasteiger partial charge on any atom is -0.396 e. The van der Waals surface area contributed by atoms with Crippen molar-refractivity contribution in [2.24, 2.45) is 5.92 Å². The Morgan fingerprint density at radius 2 is 2.21 bits per heavy atom. The number of hydrogen-bond acceptors (Lipinski definition) is 3. The summed E-state index contributed by atoms with van der Waals surface area (Å²) >= 11 is 7.41. The van der Waals surface area contributed by atoms with Gasteiger partial charge in [-0.15, -0.1) is 11.3 Å². The highest BCUT2D eigenvalue weighted by molar-refractivity contribution is 7.16. The van der Waals surface area contributed by atoms with Gasteiger partial charge in [0, 0.05) is 24.1 Å². The van der Waals surface area contributed by atoms with E-state index in [0.717, 1.165) is 10.9 Å². The van der Waals surface area contributed by atoms with E-state index in [1.165, 1.54) is 4.88 Å². The van der Waals surface area contributed by atoms with Crippen LogP contribution in [0, 0.1) is 5.92 Å². The van der Waals surface area contributed by atoms with E-state index < -0.39 is 0 Å². The van der Waals surface area contributed by atoms with Gasteiger partial charge >= 0.3 is 0 Å². The molecule has 1 aromatic heterocycles. The highest BCUT2D eigenvalue weighted by Crippen LogP contribution is 2.21. The van der Waals surface area contributed by atoms with E-state index in [2.05, 4.69) is 12.2 Å². The molecule has 2 unspecified atom stereocenters. The first-order valence-corrected chi connectivity index (χ1v) is 5.91. The second-order valence-electron chi connectivity index (χ2n) is 3.54. The Kier molecular flexibility index (Phi) is 4.89. The molecule has 14 heavy (non-hydrogen) atoms. The van der Waals surface area contributed by atoms with Crippen molar-refractivity contribution in [1.29, 1.82) is 0 Å². The number of thiophene rings is 1. The monoisotopic (exact) mass is 233 g/mol. The molecule has 0 amide bonds. The predicted molar refractivity (Wildman–Crippen MR) is 61.9 cm³/mol. The summed E-state index contributed by atoms with van der Waals surface area (Å²) in [5, 5.41) is 12.3. The molecule has 2 atom stereocenters. The third-order valence-electron chi connectivity index (χ3n) is 2.37. The van der Waals surface area contributed by atoms with Gasteiger partial charge in [-0.25, -0.2) is 0 Å². The molecule has 0 fully saturated rings. The molecule has 2 nitrogen and oxygen atoms in total. The Morgan fingerprint density at radius 3 is 2.71 bits per heavy atom. The van der Waals surface area contributed by atoms with E-state index >= 15 is 0 Å². The molecule has 0 saturated heterocycles. The van der Waals surface area contributed by atoms with Crippen LogP contribution in [0.3, 0.4) is 0 Å². The van der Waals surface area contributed by atoms with Crippen molar-refractivity contribution in [2.75, 3.05) is 6.61 Å². The van der Waals surface area contributed by atoms with Gasteiger partial charge in [-0.3, -0.25) is 0 Å². The minimum atomic E-state index is 0.222. The Morgan fingerprint density at radius 1 is 1.50 bits per heavy atom. The van der Waals surface area contributed by atoms with Crippen LogP contribution < -0.4 is 5.32 Å². The number of nitrogens with one attached hydrogen (secondary N) is 1. The van der Waals surface area contributed by atoms with E-state index in [9.17, 15) is 0 Å². The molecule has 0 aromatic carbocycles. The SMILES string of the molecule is CC(CO)C(C)NCc1ccc(Cl)s1. The van der Waals surface area contributed by atoms with Gasteiger partial charge < -0.3 is 10.4 Å². The normalized spacial score (nSPS) is 15.4. The summed E-state index contributed by atoms with van der Waals surface area (Å²) < 4.78 is 0.824. The third kappa shape index (κ3) is 3.58. The van der Waals surface area contributed by atoms with Crippen LogP contribution in [0.2, 0.25) is 4.34 Å². The molecular weight excluding hydrogens is 218 g/mol. The van der Waals surface area contributed by atoms with Gasteiger partial charge in [0.1, 0.15) is 0 Å².